The fourth-order valence-corrected chi connectivity index (χ4v) is 5.68. The Balaban J connectivity index is 1.32. The van der Waals surface area contributed by atoms with Gasteiger partial charge in [-0.25, -0.2) is 4.79 Å². The second-order valence-electron chi connectivity index (χ2n) is 10.9. The number of carbonyl (C=O) groups is 1. The number of carbonyl (C=O) groups excluding carboxylic acids is 1. The summed E-state index contributed by atoms with van der Waals surface area (Å²) in [6.45, 7) is 7.88. The van der Waals surface area contributed by atoms with Crippen molar-refractivity contribution in [2.24, 2.45) is 5.92 Å². The standard InChI is InChI=1S/C30H42O7/c1-21(2)8-14-25-29(3,37-25)28-27(33-4)24(16-17-30(28)20-35-30)36-26(32)15-11-22-9-12-23(13-10-22)34-19-7-5-6-18-31/h8-13,15,24-25,27-28,31H,5-7,14,16-20H2,1-4H3/b15-11+/t24-,25-,27-,28-,29+,30+/m1/s1. The Labute approximate surface area is 220 Å². The Morgan fingerprint density at radius 2 is 1.95 bits per heavy atom. The van der Waals surface area contributed by atoms with Crippen LogP contribution in [0.1, 0.15) is 64.9 Å². The minimum Gasteiger partial charge on any atom is -0.494 e. The molecule has 1 spiro atoms. The van der Waals surface area contributed by atoms with Crippen LogP contribution in [0.4, 0.5) is 0 Å². The third kappa shape index (κ3) is 6.82. The molecule has 1 aromatic carbocycles. The fourth-order valence-electron chi connectivity index (χ4n) is 5.68. The summed E-state index contributed by atoms with van der Waals surface area (Å²) in [6.07, 6.45) is 9.96. The summed E-state index contributed by atoms with van der Waals surface area (Å²) in [5.41, 5.74) is 1.57. The Hall–Kier alpha value is -2.19. The summed E-state index contributed by atoms with van der Waals surface area (Å²) in [7, 11) is 1.68. The van der Waals surface area contributed by atoms with Crippen molar-refractivity contribution in [3.8, 4) is 5.75 Å². The number of aliphatic hydroxyl groups excluding tert-OH is 1. The van der Waals surface area contributed by atoms with E-state index in [1.54, 1.807) is 13.2 Å². The van der Waals surface area contributed by atoms with E-state index in [1.807, 2.05) is 24.3 Å². The molecule has 2 aliphatic heterocycles. The van der Waals surface area contributed by atoms with Crippen LogP contribution in [-0.2, 0) is 23.7 Å². The molecule has 1 N–H and O–H groups in total. The zero-order valence-electron chi connectivity index (χ0n) is 22.6. The molecule has 2 heterocycles. The zero-order chi connectivity index (χ0) is 26.5. The second kappa shape index (κ2) is 12.1. The van der Waals surface area contributed by atoms with Gasteiger partial charge in [0.15, 0.2) is 0 Å². The molecule has 0 unspecified atom stereocenters. The smallest absolute Gasteiger partial charge is 0.331 e. The molecular weight excluding hydrogens is 472 g/mol. The summed E-state index contributed by atoms with van der Waals surface area (Å²) in [5, 5.41) is 8.83. The molecule has 0 amide bonds. The van der Waals surface area contributed by atoms with Crippen LogP contribution in [0.15, 0.2) is 42.0 Å². The van der Waals surface area contributed by atoms with Crippen molar-refractivity contribution >= 4 is 12.0 Å². The van der Waals surface area contributed by atoms with Crippen LogP contribution in [0.5, 0.6) is 5.75 Å². The topological polar surface area (TPSA) is 90.1 Å². The molecule has 1 aliphatic carbocycles. The molecule has 1 saturated carbocycles. The first-order chi connectivity index (χ1) is 17.8. The highest BCUT2D eigenvalue weighted by molar-refractivity contribution is 5.87. The minimum absolute atomic E-state index is 0.00674. The molecule has 1 aromatic rings. The van der Waals surface area contributed by atoms with Gasteiger partial charge in [0.1, 0.15) is 29.2 Å². The molecular formula is C30H42O7. The molecule has 0 aromatic heterocycles. The predicted molar refractivity (Wildman–Crippen MR) is 141 cm³/mol. The van der Waals surface area contributed by atoms with Crippen LogP contribution in [0.2, 0.25) is 0 Å². The highest BCUT2D eigenvalue weighted by Crippen LogP contribution is 2.59. The summed E-state index contributed by atoms with van der Waals surface area (Å²) in [4.78, 5) is 12.8. The van der Waals surface area contributed by atoms with Gasteiger partial charge in [-0.05, 0) is 83.1 Å². The van der Waals surface area contributed by atoms with Gasteiger partial charge >= 0.3 is 5.97 Å². The van der Waals surface area contributed by atoms with Crippen LogP contribution in [0.25, 0.3) is 6.08 Å². The van der Waals surface area contributed by atoms with Crippen LogP contribution in [-0.4, -0.2) is 67.5 Å². The van der Waals surface area contributed by atoms with Crippen molar-refractivity contribution < 1.29 is 33.6 Å². The number of benzene rings is 1. The number of hydrogen-bond acceptors (Lipinski definition) is 7. The number of aliphatic hydroxyl groups is 1. The van der Waals surface area contributed by atoms with Gasteiger partial charge in [-0.15, -0.1) is 0 Å². The van der Waals surface area contributed by atoms with Crippen LogP contribution in [0, 0.1) is 5.92 Å². The summed E-state index contributed by atoms with van der Waals surface area (Å²) in [6, 6.07) is 7.60. The first-order valence-electron chi connectivity index (χ1n) is 13.5. The van der Waals surface area contributed by atoms with E-state index in [4.69, 9.17) is 28.8 Å². The number of esters is 1. The lowest BCUT2D eigenvalue weighted by molar-refractivity contribution is -0.166. The number of rotatable bonds is 13. The van der Waals surface area contributed by atoms with Crippen LogP contribution in [0.3, 0.4) is 0 Å². The molecule has 37 heavy (non-hydrogen) atoms. The SMILES string of the molecule is CO[C@@H]1[C@H](OC(=O)/C=C/c2ccc(OCCCCCO)cc2)CC[C@]2(CO2)[C@H]1[C@@]1(C)O[C@@H]1CC=C(C)C. The van der Waals surface area contributed by atoms with Gasteiger partial charge in [0.05, 0.1) is 25.2 Å². The summed E-state index contributed by atoms with van der Waals surface area (Å²) < 4.78 is 29.8. The average molecular weight is 515 g/mol. The third-order valence-corrected chi connectivity index (χ3v) is 7.87. The van der Waals surface area contributed by atoms with Crippen molar-refractivity contribution in [2.75, 3.05) is 26.9 Å². The molecule has 204 valence electrons. The molecule has 3 fully saturated rings. The highest BCUT2D eigenvalue weighted by atomic mass is 16.6. The Kier molecular flexibility index (Phi) is 9.11. The molecule has 7 heteroatoms. The van der Waals surface area contributed by atoms with Gasteiger partial charge in [-0.3, -0.25) is 0 Å². The van der Waals surface area contributed by atoms with E-state index in [0.717, 1.165) is 43.4 Å². The number of hydrogen-bond donors (Lipinski definition) is 1. The number of methoxy groups -OCH3 is 1. The Morgan fingerprint density at radius 3 is 2.59 bits per heavy atom. The van der Waals surface area contributed by atoms with Crippen molar-refractivity contribution in [1.82, 2.24) is 0 Å². The summed E-state index contributed by atoms with van der Waals surface area (Å²) >= 11 is 0. The van der Waals surface area contributed by atoms with Gasteiger partial charge in [-0.2, -0.15) is 0 Å². The van der Waals surface area contributed by atoms with E-state index in [1.165, 1.54) is 11.6 Å². The maximum atomic E-state index is 12.8. The van der Waals surface area contributed by atoms with Crippen molar-refractivity contribution in [2.45, 2.75) is 88.8 Å². The quantitative estimate of drug-likeness (QED) is 0.132. The molecule has 0 radical (unpaired) electrons. The third-order valence-electron chi connectivity index (χ3n) is 7.87. The minimum atomic E-state index is -0.384. The number of epoxide rings is 2. The first kappa shape index (κ1) is 27.8. The van der Waals surface area contributed by atoms with E-state index in [2.05, 4.69) is 26.8 Å². The van der Waals surface area contributed by atoms with Gasteiger partial charge in [0.2, 0.25) is 0 Å². The van der Waals surface area contributed by atoms with Crippen molar-refractivity contribution in [1.29, 1.82) is 0 Å². The number of allylic oxidation sites excluding steroid dienone is 1. The summed E-state index contributed by atoms with van der Waals surface area (Å²) in [5.74, 6) is 0.410. The van der Waals surface area contributed by atoms with E-state index < -0.39 is 0 Å². The molecule has 6 atom stereocenters. The Morgan fingerprint density at radius 1 is 1.19 bits per heavy atom. The number of ether oxygens (including phenoxy) is 5. The zero-order valence-corrected chi connectivity index (χ0v) is 22.6. The van der Waals surface area contributed by atoms with Gasteiger partial charge in [0, 0.05) is 19.8 Å². The lowest BCUT2D eigenvalue weighted by atomic mass is 9.68. The molecule has 3 aliphatic rings. The Bertz CT molecular complexity index is 961. The average Bonchev–Trinajstić information content (AvgIpc) is 3.80. The second-order valence-corrected chi connectivity index (χ2v) is 10.9. The molecule has 2 saturated heterocycles. The molecule has 4 rings (SSSR count). The van der Waals surface area contributed by atoms with E-state index >= 15 is 0 Å². The van der Waals surface area contributed by atoms with Gasteiger partial charge < -0.3 is 28.8 Å². The maximum Gasteiger partial charge on any atom is 0.331 e. The largest absolute Gasteiger partial charge is 0.494 e. The van der Waals surface area contributed by atoms with Crippen LogP contribution < -0.4 is 4.74 Å². The number of unbranched alkanes of at least 4 members (excludes halogenated alkanes) is 2. The van der Waals surface area contributed by atoms with E-state index in [9.17, 15) is 4.79 Å². The molecule has 7 nitrogen and oxygen atoms in total. The lowest BCUT2D eigenvalue weighted by Crippen LogP contribution is -2.55. The lowest BCUT2D eigenvalue weighted by Gasteiger charge is -2.42. The fraction of sp³-hybridized carbons (Fsp3) is 0.633. The van der Waals surface area contributed by atoms with E-state index in [-0.39, 0.29) is 48.0 Å². The van der Waals surface area contributed by atoms with E-state index in [0.29, 0.717) is 19.6 Å². The van der Waals surface area contributed by atoms with Gasteiger partial charge in [-0.1, -0.05) is 23.8 Å². The van der Waals surface area contributed by atoms with Crippen molar-refractivity contribution in [3.05, 3.63) is 47.6 Å². The van der Waals surface area contributed by atoms with Crippen molar-refractivity contribution in [3.63, 3.8) is 0 Å². The monoisotopic (exact) mass is 514 g/mol. The highest BCUT2D eigenvalue weighted by Gasteiger charge is 2.72. The first-order valence-corrected chi connectivity index (χ1v) is 13.5. The molecule has 0 bridgehead atoms. The normalized spacial score (nSPS) is 32.4. The maximum absolute atomic E-state index is 12.8. The van der Waals surface area contributed by atoms with Gasteiger partial charge in [0.25, 0.3) is 0 Å². The predicted octanol–water partition coefficient (Wildman–Crippen LogP) is 4.86. The van der Waals surface area contributed by atoms with Crippen LogP contribution >= 0.6 is 0 Å².